The van der Waals surface area contributed by atoms with Gasteiger partial charge >= 0.3 is 0 Å². The summed E-state index contributed by atoms with van der Waals surface area (Å²) in [6.45, 7) is 4.92. The van der Waals surface area contributed by atoms with Crippen molar-refractivity contribution in [3.63, 3.8) is 0 Å². The Morgan fingerprint density at radius 1 is 1.80 bits per heavy atom. The maximum atomic E-state index is 11.5. The third kappa shape index (κ3) is 3.90. The zero-order valence-corrected chi connectivity index (χ0v) is 8.73. The zero-order valence-electron chi connectivity index (χ0n) is 8.73. The molecule has 0 bridgehead atoms. The van der Waals surface area contributed by atoms with Crippen LogP contribution in [0, 0.1) is 0 Å². The number of carbonyl (C=O) groups excluding carboxylic acids is 1. The second-order valence-corrected chi connectivity index (χ2v) is 3.10. The van der Waals surface area contributed by atoms with Crippen molar-refractivity contribution in [2.24, 2.45) is 0 Å². The molecular weight excluding hydrogens is 194 g/mol. The van der Waals surface area contributed by atoms with Gasteiger partial charge < -0.3 is 10.2 Å². The van der Waals surface area contributed by atoms with Gasteiger partial charge in [0.05, 0.1) is 13.1 Å². The fraction of sp³-hybridized carbons (Fsp3) is 0.444. The standard InChI is InChI=1S/C9H15N5O/c1-3-4-10-5-9(15)14(2)6-8-11-7-12-13-8/h3,7,10H,1,4-6H2,2H3,(H,11,12,13). The van der Waals surface area contributed by atoms with Crippen molar-refractivity contribution in [1.82, 2.24) is 25.4 Å². The number of hydrogen-bond acceptors (Lipinski definition) is 4. The van der Waals surface area contributed by atoms with Crippen LogP contribution in [0.25, 0.3) is 0 Å². The van der Waals surface area contributed by atoms with Crippen molar-refractivity contribution in [2.45, 2.75) is 6.54 Å². The lowest BCUT2D eigenvalue weighted by molar-refractivity contribution is -0.129. The van der Waals surface area contributed by atoms with Crippen molar-refractivity contribution in [3.05, 3.63) is 24.8 Å². The molecule has 0 unspecified atom stereocenters. The number of amides is 1. The maximum Gasteiger partial charge on any atom is 0.236 e. The SMILES string of the molecule is C=CCNCC(=O)N(C)Cc1ncn[nH]1. The van der Waals surface area contributed by atoms with E-state index in [0.29, 0.717) is 25.5 Å². The molecule has 0 radical (unpaired) electrons. The topological polar surface area (TPSA) is 73.9 Å². The van der Waals surface area contributed by atoms with E-state index in [0.717, 1.165) is 0 Å². The van der Waals surface area contributed by atoms with E-state index in [9.17, 15) is 4.79 Å². The summed E-state index contributed by atoms with van der Waals surface area (Å²) < 4.78 is 0. The molecule has 0 fully saturated rings. The normalized spacial score (nSPS) is 9.93. The number of likely N-dealkylation sites (N-methyl/N-ethyl adjacent to an activating group) is 1. The van der Waals surface area contributed by atoms with Crippen LogP contribution in [0.3, 0.4) is 0 Å². The highest BCUT2D eigenvalue weighted by Gasteiger charge is 2.09. The molecule has 0 saturated heterocycles. The Hall–Kier alpha value is -1.69. The van der Waals surface area contributed by atoms with Crippen LogP contribution >= 0.6 is 0 Å². The Balaban J connectivity index is 2.30. The molecule has 1 rings (SSSR count). The number of nitrogens with one attached hydrogen (secondary N) is 2. The lowest BCUT2D eigenvalue weighted by Gasteiger charge is -2.15. The van der Waals surface area contributed by atoms with Crippen LogP contribution in [0.15, 0.2) is 19.0 Å². The molecule has 82 valence electrons. The number of nitrogens with zero attached hydrogens (tertiary/aromatic N) is 3. The van der Waals surface area contributed by atoms with Gasteiger partial charge in [0.25, 0.3) is 0 Å². The van der Waals surface area contributed by atoms with E-state index in [4.69, 9.17) is 0 Å². The minimum atomic E-state index is 0.00764. The van der Waals surface area contributed by atoms with Crippen LogP contribution in [0.2, 0.25) is 0 Å². The fourth-order valence-electron chi connectivity index (χ4n) is 1.04. The molecule has 0 aromatic carbocycles. The van der Waals surface area contributed by atoms with Gasteiger partial charge in [0, 0.05) is 13.6 Å². The molecular formula is C9H15N5O. The summed E-state index contributed by atoms with van der Waals surface area (Å²) in [4.78, 5) is 17.0. The van der Waals surface area contributed by atoms with E-state index in [-0.39, 0.29) is 5.91 Å². The minimum Gasteiger partial charge on any atom is -0.337 e. The predicted octanol–water partition coefficient (Wildman–Crippen LogP) is -0.461. The average molecular weight is 209 g/mol. The summed E-state index contributed by atoms with van der Waals surface area (Å²) in [6.07, 6.45) is 3.13. The third-order valence-corrected chi connectivity index (χ3v) is 1.84. The Bertz CT molecular complexity index is 308. The van der Waals surface area contributed by atoms with E-state index >= 15 is 0 Å². The highest BCUT2D eigenvalue weighted by Crippen LogP contribution is 1.93. The van der Waals surface area contributed by atoms with E-state index in [1.807, 2.05) is 0 Å². The monoisotopic (exact) mass is 209 g/mol. The highest BCUT2D eigenvalue weighted by molar-refractivity contribution is 5.77. The molecule has 1 aromatic heterocycles. The van der Waals surface area contributed by atoms with Gasteiger partial charge in [0.15, 0.2) is 0 Å². The van der Waals surface area contributed by atoms with Gasteiger partial charge in [-0.3, -0.25) is 9.89 Å². The number of H-pyrrole nitrogens is 1. The van der Waals surface area contributed by atoms with Gasteiger partial charge in [-0.15, -0.1) is 6.58 Å². The van der Waals surface area contributed by atoms with Gasteiger partial charge in [-0.25, -0.2) is 4.98 Å². The van der Waals surface area contributed by atoms with E-state index in [1.165, 1.54) is 6.33 Å². The molecule has 0 saturated carbocycles. The van der Waals surface area contributed by atoms with E-state index in [2.05, 4.69) is 27.1 Å². The van der Waals surface area contributed by atoms with Crippen molar-refractivity contribution < 1.29 is 4.79 Å². The van der Waals surface area contributed by atoms with Gasteiger partial charge in [-0.1, -0.05) is 6.08 Å². The van der Waals surface area contributed by atoms with E-state index < -0.39 is 0 Å². The summed E-state index contributed by atoms with van der Waals surface area (Å²) in [7, 11) is 1.72. The predicted molar refractivity (Wildman–Crippen MR) is 55.9 cm³/mol. The second kappa shape index (κ2) is 5.92. The molecule has 6 heteroatoms. The zero-order chi connectivity index (χ0) is 11.1. The third-order valence-electron chi connectivity index (χ3n) is 1.84. The lowest BCUT2D eigenvalue weighted by Crippen LogP contribution is -2.35. The van der Waals surface area contributed by atoms with Crippen molar-refractivity contribution in [2.75, 3.05) is 20.1 Å². The summed E-state index contributed by atoms with van der Waals surface area (Å²) in [5.74, 6) is 0.683. The highest BCUT2D eigenvalue weighted by atomic mass is 16.2. The molecule has 1 amide bonds. The van der Waals surface area contributed by atoms with Crippen LogP contribution in [-0.2, 0) is 11.3 Å². The minimum absolute atomic E-state index is 0.00764. The summed E-state index contributed by atoms with van der Waals surface area (Å²) in [6, 6.07) is 0. The molecule has 2 N–H and O–H groups in total. The summed E-state index contributed by atoms with van der Waals surface area (Å²) in [5, 5.41) is 9.35. The molecule has 15 heavy (non-hydrogen) atoms. The van der Waals surface area contributed by atoms with Crippen molar-refractivity contribution >= 4 is 5.91 Å². The molecule has 0 atom stereocenters. The Morgan fingerprint density at radius 3 is 3.20 bits per heavy atom. The van der Waals surface area contributed by atoms with Crippen LogP contribution in [0.5, 0.6) is 0 Å². The van der Waals surface area contributed by atoms with Crippen molar-refractivity contribution in [3.8, 4) is 0 Å². The number of carbonyl (C=O) groups is 1. The molecule has 0 aliphatic carbocycles. The van der Waals surface area contributed by atoms with Crippen LogP contribution in [-0.4, -0.2) is 46.1 Å². The van der Waals surface area contributed by atoms with Crippen LogP contribution < -0.4 is 5.32 Å². The largest absolute Gasteiger partial charge is 0.337 e. The summed E-state index contributed by atoms with van der Waals surface area (Å²) >= 11 is 0. The van der Waals surface area contributed by atoms with Gasteiger partial charge in [0.1, 0.15) is 12.2 Å². The molecule has 0 aliphatic rings. The average Bonchev–Trinajstić information content (AvgIpc) is 2.70. The Kier molecular flexibility index (Phi) is 4.49. The number of aromatic amines is 1. The Labute approximate surface area is 88.4 Å². The first-order valence-corrected chi connectivity index (χ1v) is 4.64. The first-order chi connectivity index (χ1) is 7.24. The van der Waals surface area contributed by atoms with Crippen LogP contribution in [0.4, 0.5) is 0 Å². The fourth-order valence-corrected chi connectivity index (χ4v) is 1.04. The lowest BCUT2D eigenvalue weighted by atomic mass is 10.4. The molecule has 6 nitrogen and oxygen atoms in total. The van der Waals surface area contributed by atoms with Gasteiger partial charge in [-0.2, -0.15) is 5.10 Å². The van der Waals surface area contributed by atoms with Crippen LogP contribution in [0.1, 0.15) is 5.82 Å². The number of rotatable bonds is 6. The maximum absolute atomic E-state index is 11.5. The first-order valence-electron chi connectivity index (χ1n) is 4.64. The smallest absolute Gasteiger partial charge is 0.236 e. The van der Waals surface area contributed by atoms with Gasteiger partial charge in [-0.05, 0) is 0 Å². The molecule has 0 aliphatic heterocycles. The number of aromatic nitrogens is 3. The van der Waals surface area contributed by atoms with Crippen molar-refractivity contribution in [1.29, 1.82) is 0 Å². The molecule has 1 aromatic rings. The molecule has 1 heterocycles. The summed E-state index contributed by atoms with van der Waals surface area (Å²) in [5.41, 5.74) is 0. The number of hydrogen-bond donors (Lipinski definition) is 2. The Morgan fingerprint density at radius 2 is 2.60 bits per heavy atom. The quantitative estimate of drug-likeness (QED) is 0.491. The molecule has 0 spiro atoms. The first kappa shape index (κ1) is 11.4. The van der Waals surface area contributed by atoms with Gasteiger partial charge in [0.2, 0.25) is 5.91 Å². The second-order valence-electron chi connectivity index (χ2n) is 3.10. The van der Waals surface area contributed by atoms with E-state index in [1.54, 1.807) is 18.0 Å².